The Morgan fingerprint density at radius 3 is 2.68 bits per heavy atom. The van der Waals surface area contributed by atoms with Crippen molar-refractivity contribution in [2.24, 2.45) is 5.41 Å². The monoisotopic (exact) mass is 261 g/mol. The fourth-order valence-electron chi connectivity index (χ4n) is 3.25. The normalized spacial score (nSPS) is 24.1. The van der Waals surface area contributed by atoms with Gasteiger partial charge in [0, 0.05) is 12.1 Å². The first kappa shape index (κ1) is 14.5. The lowest BCUT2D eigenvalue weighted by atomic mass is 9.75. The summed E-state index contributed by atoms with van der Waals surface area (Å²) in [5, 5.41) is 13.2. The van der Waals surface area contributed by atoms with Gasteiger partial charge >= 0.3 is 0 Å². The molecule has 2 nitrogen and oxygen atoms in total. The van der Waals surface area contributed by atoms with E-state index in [-0.39, 0.29) is 12.6 Å². The maximum Gasteiger partial charge on any atom is 0.0587 e. The van der Waals surface area contributed by atoms with Gasteiger partial charge in [-0.25, -0.2) is 0 Å². The van der Waals surface area contributed by atoms with E-state index in [4.69, 9.17) is 0 Å². The Morgan fingerprint density at radius 1 is 1.32 bits per heavy atom. The molecule has 0 heterocycles. The van der Waals surface area contributed by atoms with Crippen LogP contribution in [0.5, 0.6) is 0 Å². The summed E-state index contributed by atoms with van der Waals surface area (Å²) >= 11 is 0. The van der Waals surface area contributed by atoms with E-state index in [2.05, 4.69) is 43.4 Å². The minimum Gasteiger partial charge on any atom is -0.395 e. The molecule has 2 atom stereocenters. The molecule has 1 saturated carbocycles. The van der Waals surface area contributed by atoms with Crippen LogP contribution in [0.4, 0.5) is 0 Å². The molecule has 0 aromatic heterocycles. The van der Waals surface area contributed by atoms with Gasteiger partial charge in [0.05, 0.1) is 6.61 Å². The van der Waals surface area contributed by atoms with Gasteiger partial charge in [0.1, 0.15) is 0 Å². The Morgan fingerprint density at radius 2 is 2.05 bits per heavy atom. The van der Waals surface area contributed by atoms with Gasteiger partial charge in [-0.3, -0.25) is 0 Å². The highest BCUT2D eigenvalue weighted by atomic mass is 16.3. The Balaban J connectivity index is 1.88. The van der Waals surface area contributed by atoms with E-state index < -0.39 is 0 Å². The van der Waals surface area contributed by atoms with E-state index in [0.717, 1.165) is 6.42 Å². The van der Waals surface area contributed by atoms with Crippen molar-refractivity contribution >= 4 is 0 Å². The van der Waals surface area contributed by atoms with Crippen LogP contribution in [-0.2, 0) is 6.42 Å². The highest BCUT2D eigenvalue weighted by molar-refractivity contribution is 5.16. The van der Waals surface area contributed by atoms with Crippen molar-refractivity contribution in [3.8, 4) is 0 Å². The number of aliphatic hydroxyl groups is 1. The van der Waals surface area contributed by atoms with Crippen LogP contribution in [0.2, 0.25) is 0 Å². The zero-order valence-corrected chi connectivity index (χ0v) is 12.2. The summed E-state index contributed by atoms with van der Waals surface area (Å²) in [6.45, 7) is 4.92. The first-order valence-electron chi connectivity index (χ1n) is 7.50. The molecule has 1 aliphatic carbocycles. The van der Waals surface area contributed by atoms with Crippen molar-refractivity contribution in [3.05, 3.63) is 35.9 Å². The van der Waals surface area contributed by atoms with Gasteiger partial charge in [0.15, 0.2) is 0 Å². The predicted molar refractivity (Wildman–Crippen MR) is 80.2 cm³/mol. The second-order valence-electron chi connectivity index (χ2n) is 6.69. The number of benzene rings is 1. The van der Waals surface area contributed by atoms with Crippen molar-refractivity contribution < 1.29 is 5.11 Å². The lowest BCUT2D eigenvalue weighted by molar-refractivity contribution is 0.166. The fraction of sp³-hybridized carbons (Fsp3) is 0.647. The molecule has 106 valence electrons. The van der Waals surface area contributed by atoms with Crippen molar-refractivity contribution in [3.63, 3.8) is 0 Å². The number of hydrogen-bond donors (Lipinski definition) is 2. The molecule has 1 aromatic carbocycles. The molecule has 0 amide bonds. The molecule has 19 heavy (non-hydrogen) atoms. The number of hydrogen-bond acceptors (Lipinski definition) is 2. The van der Waals surface area contributed by atoms with Gasteiger partial charge in [-0.2, -0.15) is 0 Å². The zero-order valence-electron chi connectivity index (χ0n) is 12.2. The average molecular weight is 261 g/mol. The molecule has 2 unspecified atom stereocenters. The molecule has 1 aromatic rings. The van der Waals surface area contributed by atoms with Gasteiger partial charge in [0.25, 0.3) is 0 Å². The number of aliphatic hydroxyl groups excluding tert-OH is 1. The third-order valence-corrected chi connectivity index (χ3v) is 4.22. The van der Waals surface area contributed by atoms with E-state index in [1.165, 1.54) is 31.2 Å². The lowest BCUT2D eigenvalue weighted by Gasteiger charge is -2.37. The van der Waals surface area contributed by atoms with Gasteiger partial charge in [0.2, 0.25) is 0 Å². The second-order valence-corrected chi connectivity index (χ2v) is 6.69. The Bertz CT molecular complexity index is 374. The summed E-state index contributed by atoms with van der Waals surface area (Å²) in [5.74, 6) is 0. The van der Waals surface area contributed by atoms with Crippen molar-refractivity contribution in [1.82, 2.24) is 5.32 Å². The SMILES string of the molecule is CC1(C)CCCC(NC(CO)Cc2ccccc2)C1. The van der Waals surface area contributed by atoms with Crippen LogP contribution >= 0.6 is 0 Å². The van der Waals surface area contributed by atoms with Crippen molar-refractivity contribution in [2.45, 2.75) is 58.0 Å². The molecule has 0 radical (unpaired) electrons. The minimum atomic E-state index is 0.182. The summed E-state index contributed by atoms with van der Waals surface area (Å²) < 4.78 is 0. The summed E-state index contributed by atoms with van der Waals surface area (Å²) in [5.41, 5.74) is 1.74. The summed E-state index contributed by atoms with van der Waals surface area (Å²) in [6, 6.07) is 11.2. The third-order valence-electron chi connectivity index (χ3n) is 4.22. The van der Waals surface area contributed by atoms with E-state index in [0.29, 0.717) is 11.5 Å². The van der Waals surface area contributed by atoms with E-state index >= 15 is 0 Å². The molecule has 1 fully saturated rings. The smallest absolute Gasteiger partial charge is 0.0587 e. The maximum atomic E-state index is 9.59. The molecule has 2 rings (SSSR count). The van der Waals surface area contributed by atoms with Crippen molar-refractivity contribution in [1.29, 1.82) is 0 Å². The first-order valence-corrected chi connectivity index (χ1v) is 7.50. The molecule has 0 aliphatic heterocycles. The zero-order chi connectivity index (χ0) is 13.7. The van der Waals surface area contributed by atoms with Crippen molar-refractivity contribution in [2.75, 3.05) is 6.61 Å². The van der Waals surface area contributed by atoms with Gasteiger partial charge in [-0.05, 0) is 36.7 Å². The molecule has 0 saturated heterocycles. The highest BCUT2D eigenvalue weighted by Gasteiger charge is 2.28. The standard InChI is InChI=1S/C17H27NO/c1-17(2)10-6-9-15(12-17)18-16(13-19)11-14-7-4-3-5-8-14/h3-5,7-8,15-16,18-19H,6,9-13H2,1-2H3. The van der Waals surface area contributed by atoms with Crippen LogP contribution < -0.4 is 5.32 Å². The molecule has 2 heteroatoms. The second kappa shape index (κ2) is 6.53. The fourth-order valence-corrected chi connectivity index (χ4v) is 3.25. The topological polar surface area (TPSA) is 32.3 Å². The molecule has 0 bridgehead atoms. The minimum absolute atomic E-state index is 0.182. The van der Waals surface area contributed by atoms with Crippen LogP contribution in [0.3, 0.4) is 0 Å². The predicted octanol–water partition coefficient (Wildman–Crippen LogP) is 3.15. The van der Waals surface area contributed by atoms with E-state index in [1.54, 1.807) is 0 Å². The summed E-state index contributed by atoms with van der Waals surface area (Å²) in [6.07, 6.45) is 6.00. The Labute approximate surface area is 117 Å². The van der Waals surface area contributed by atoms with E-state index in [1.807, 2.05) is 6.07 Å². The van der Waals surface area contributed by atoms with Crippen LogP contribution in [-0.4, -0.2) is 23.8 Å². The van der Waals surface area contributed by atoms with Crippen LogP contribution in [0.25, 0.3) is 0 Å². The summed E-state index contributed by atoms with van der Waals surface area (Å²) in [7, 11) is 0. The molecular formula is C17H27NO. The average Bonchev–Trinajstić information content (AvgIpc) is 2.38. The Kier molecular flexibility index (Phi) is 5.00. The van der Waals surface area contributed by atoms with Crippen LogP contribution in [0, 0.1) is 5.41 Å². The number of nitrogens with one attached hydrogen (secondary N) is 1. The lowest BCUT2D eigenvalue weighted by Crippen LogP contribution is -2.45. The van der Waals surface area contributed by atoms with Crippen LogP contribution in [0.15, 0.2) is 30.3 Å². The van der Waals surface area contributed by atoms with Crippen LogP contribution in [0.1, 0.15) is 45.1 Å². The highest BCUT2D eigenvalue weighted by Crippen LogP contribution is 2.35. The molecular weight excluding hydrogens is 234 g/mol. The molecule has 2 N–H and O–H groups in total. The van der Waals surface area contributed by atoms with Gasteiger partial charge in [-0.15, -0.1) is 0 Å². The van der Waals surface area contributed by atoms with Gasteiger partial charge in [-0.1, -0.05) is 50.6 Å². The quantitative estimate of drug-likeness (QED) is 0.853. The number of rotatable bonds is 5. The largest absolute Gasteiger partial charge is 0.395 e. The molecule has 1 aliphatic rings. The maximum absolute atomic E-state index is 9.59. The summed E-state index contributed by atoms with van der Waals surface area (Å²) in [4.78, 5) is 0. The first-order chi connectivity index (χ1) is 9.09. The van der Waals surface area contributed by atoms with Gasteiger partial charge < -0.3 is 10.4 Å². The molecule has 0 spiro atoms. The third kappa shape index (κ3) is 4.63. The van der Waals surface area contributed by atoms with E-state index in [9.17, 15) is 5.11 Å². The Hall–Kier alpha value is -0.860.